The normalized spacial score (nSPS) is 24.4. The first-order chi connectivity index (χ1) is 10.3. The molecular weight excluding hydrogens is 286 g/mol. The van der Waals surface area contributed by atoms with E-state index in [1.54, 1.807) is 7.11 Å². The molecule has 0 spiro atoms. The van der Waals surface area contributed by atoms with Crippen molar-refractivity contribution < 1.29 is 4.74 Å². The molecule has 0 aliphatic carbocycles. The third kappa shape index (κ3) is 3.69. The molecule has 0 aromatic heterocycles. The van der Waals surface area contributed by atoms with Crippen molar-refractivity contribution in [2.24, 2.45) is 0 Å². The lowest BCUT2D eigenvalue weighted by atomic mass is 10.2. The average molecular weight is 310 g/mol. The molecule has 21 heavy (non-hydrogen) atoms. The zero-order valence-electron chi connectivity index (χ0n) is 12.6. The molecule has 1 aromatic rings. The lowest BCUT2D eigenvalue weighted by molar-refractivity contribution is 0.170. The quantitative estimate of drug-likeness (QED) is 0.918. The molecule has 0 bridgehead atoms. The highest BCUT2D eigenvalue weighted by atomic mass is 35.5. The van der Waals surface area contributed by atoms with Gasteiger partial charge in [0.05, 0.1) is 7.11 Å². The molecule has 4 nitrogen and oxygen atoms in total. The fourth-order valence-corrected chi connectivity index (χ4v) is 3.61. The summed E-state index contributed by atoms with van der Waals surface area (Å²) in [5.41, 5.74) is 1.19. The molecule has 2 aliphatic heterocycles. The van der Waals surface area contributed by atoms with Crippen LogP contribution in [0.15, 0.2) is 18.2 Å². The highest BCUT2D eigenvalue weighted by molar-refractivity contribution is 6.30. The summed E-state index contributed by atoms with van der Waals surface area (Å²) < 4.78 is 5.45. The number of ether oxygens (including phenoxy) is 1. The van der Waals surface area contributed by atoms with Gasteiger partial charge in [-0.05, 0) is 24.6 Å². The SMILES string of the molecule is COc1ccc(Cl)cc1CN1CCC(N2CCNCC2)C1. The number of halogens is 1. The zero-order valence-corrected chi connectivity index (χ0v) is 13.4. The van der Waals surface area contributed by atoms with Gasteiger partial charge >= 0.3 is 0 Å². The number of piperazine rings is 1. The molecule has 116 valence electrons. The van der Waals surface area contributed by atoms with E-state index in [0.29, 0.717) is 6.04 Å². The van der Waals surface area contributed by atoms with Gasteiger partial charge in [0.25, 0.3) is 0 Å². The molecule has 1 N–H and O–H groups in total. The van der Waals surface area contributed by atoms with Gasteiger partial charge in [-0.1, -0.05) is 11.6 Å². The Labute approximate surface area is 132 Å². The van der Waals surface area contributed by atoms with Crippen LogP contribution in [0.2, 0.25) is 5.02 Å². The first kappa shape index (κ1) is 15.1. The van der Waals surface area contributed by atoms with Crippen molar-refractivity contribution in [3.8, 4) is 5.75 Å². The Morgan fingerprint density at radius 2 is 2.10 bits per heavy atom. The minimum absolute atomic E-state index is 0.706. The fourth-order valence-electron chi connectivity index (χ4n) is 3.41. The maximum Gasteiger partial charge on any atom is 0.123 e. The van der Waals surface area contributed by atoms with Crippen LogP contribution in [0, 0.1) is 0 Å². The zero-order chi connectivity index (χ0) is 14.7. The molecule has 0 saturated carbocycles. The van der Waals surface area contributed by atoms with Crippen LogP contribution in [-0.4, -0.2) is 62.2 Å². The van der Waals surface area contributed by atoms with Crippen molar-refractivity contribution in [3.63, 3.8) is 0 Å². The van der Waals surface area contributed by atoms with E-state index in [-0.39, 0.29) is 0 Å². The molecule has 1 unspecified atom stereocenters. The smallest absolute Gasteiger partial charge is 0.123 e. The predicted molar refractivity (Wildman–Crippen MR) is 86.1 cm³/mol. The number of nitrogens with one attached hydrogen (secondary N) is 1. The standard InChI is InChI=1S/C16H24ClN3O/c1-21-16-3-2-14(17)10-13(16)11-19-7-4-15(12-19)20-8-5-18-6-9-20/h2-3,10,15,18H,4-9,11-12H2,1H3. The van der Waals surface area contributed by atoms with Gasteiger partial charge < -0.3 is 10.1 Å². The Bertz CT molecular complexity index is 477. The highest BCUT2D eigenvalue weighted by Crippen LogP contribution is 2.26. The van der Waals surface area contributed by atoms with Gasteiger partial charge in [0.15, 0.2) is 0 Å². The van der Waals surface area contributed by atoms with Gasteiger partial charge in [0.1, 0.15) is 5.75 Å². The Balaban J connectivity index is 1.60. The maximum absolute atomic E-state index is 6.12. The molecule has 2 aliphatic rings. The average Bonchev–Trinajstić information content (AvgIpc) is 2.97. The van der Waals surface area contributed by atoms with E-state index in [2.05, 4.69) is 15.1 Å². The summed E-state index contributed by atoms with van der Waals surface area (Å²) in [5, 5.41) is 4.21. The second kappa shape index (κ2) is 6.97. The molecule has 3 rings (SSSR count). The van der Waals surface area contributed by atoms with Crippen LogP contribution in [0.4, 0.5) is 0 Å². The predicted octanol–water partition coefficient (Wildman–Crippen LogP) is 1.83. The summed E-state index contributed by atoms with van der Waals surface area (Å²) in [7, 11) is 1.72. The summed E-state index contributed by atoms with van der Waals surface area (Å²) in [6.45, 7) is 7.83. The molecule has 1 aromatic carbocycles. The molecule has 2 saturated heterocycles. The second-order valence-electron chi connectivity index (χ2n) is 5.92. The third-order valence-electron chi connectivity index (χ3n) is 4.55. The van der Waals surface area contributed by atoms with Crippen LogP contribution in [-0.2, 0) is 6.54 Å². The van der Waals surface area contributed by atoms with E-state index in [4.69, 9.17) is 16.3 Å². The maximum atomic E-state index is 6.12. The van der Waals surface area contributed by atoms with Crippen molar-refractivity contribution in [2.45, 2.75) is 19.0 Å². The van der Waals surface area contributed by atoms with E-state index in [1.165, 1.54) is 25.1 Å². The molecule has 5 heteroatoms. The number of benzene rings is 1. The van der Waals surface area contributed by atoms with Crippen molar-refractivity contribution >= 4 is 11.6 Å². The van der Waals surface area contributed by atoms with Gasteiger partial charge in [-0.15, -0.1) is 0 Å². The monoisotopic (exact) mass is 309 g/mol. The van der Waals surface area contributed by atoms with Gasteiger partial charge in [-0.2, -0.15) is 0 Å². The number of hydrogen-bond donors (Lipinski definition) is 1. The Morgan fingerprint density at radius 1 is 1.29 bits per heavy atom. The van der Waals surface area contributed by atoms with Crippen LogP contribution in [0.3, 0.4) is 0 Å². The number of rotatable bonds is 4. The number of methoxy groups -OCH3 is 1. The first-order valence-electron chi connectivity index (χ1n) is 7.76. The van der Waals surface area contributed by atoms with Gasteiger partial charge in [0.2, 0.25) is 0 Å². The minimum atomic E-state index is 0.706. The molecule has 0 amide bonds. The van der Waals surface area contributed by atoms with Gasteiger partial charge in [-0.3, -0.25) is 9.80 Å². The van der Waals surface area contributed by atoms with Crippen molar-refractivity contribution in [3.05, 3.63) is 28.8 Å². The van der Waals surface area contributed by atoms with Crippen LogP contribution in [0.25, 0.3) is 0 Å². The van der Waals surface area contributed by atoms with Crippen molar-refractivity contribution in [1.29, 1.82) is 0 Å². The summed E-state index contributed by atoms with van der Waals surface area (Å²) >= 11 is 6.12. The number of likely N-dealkylation sites (tertiary alicyclic amines) is 1. The molecular formula is C16H24ClN3O. The lowest BCUT2D eigenvalue weighted by Crippen LogP contribution is -2.49. The summed E-state index contributed by atoms with van der Waals surface area (Å²) in [4.78, 5) is 5.15. The lowest BCUT2D eigenvalue weighted by Gasteiger charge is -2.32. The largest absolute Gasteiger partial charge is 0.496 e. The highest BCUT2D eigenvalue weighted by Gasteiger charge is 2.28. The summed E-state index contributed by atoms with van der Waals surface area (Å²) in [6, 6.07) is 6.58. The third-order valence-corrected chi connectivity index (χ3v) is 4.79. The van der Waals surface area contributed by atoms with Crippen LogP contribution in [0.5, 0.6) is 5.75 Å². The fraction of sp³-hybridized carbons (Fsp3) is 0.625. The second-order valence-corrected chi connectivity index (χ2v) is 6.36. The van der Waals surface area contributed by atoms with Crippen LogP contribution < -0.4 is 10.1 Å². The molecule has 0 radical (unpaired) electrons. The van der Waals surface area contributed by atoms with E-state index in [9.17, 15) is 0 Å². The van der Waals surface area contributed by atoms with Crippen molar-refractivity contribution in [2.75, 3.05) is 46.4 Å². The van der Waals surface area contributed by atoms with Crippen LogP contribution in [0.1, 0.15) is 12.0 Å². The topological polar surface area (TPSA) is 27.7 Å². The Kier molecular flexibility index (Phi) is 5.01. The van der Waals surface area contributed by atoms with Gasteiger partial charge in [0, 0.05) is 62.4 Å². The first-order valence-corrected chi connectivity index (χ1v) is 8.13. The molecule has 2 fully saturated rings. The number of hydrogen-bond acceptors (Lipinski definition) is 4. The summed E-state index contributed by atoms with van der Waals surface area (Å²) in [6.07, 6.45) is 1.27. The molecule has 1 atom stereocenters. The van der Waals surface area contributed by atoms with E-state index in [0.717, 1.165) is 43.5 Å². The van der Waals surface area contributed by atoms with E-state index in [1.807, 2.05) is 18.2 Å². The molecule has 2 heterocycles. The van der Waals surface area contributed by atoms with Crippen LogP contribution >= 0.6 is 11.6 Å². The van der Waals surface area contributed by atoms with E-state index >= 15 is 0 Å². The Morgan fingerprint density at radius 3 is 2.86 bits per heavy atom. The number of nitrogens with zero attached hydrogens (tertiary/aromatic N) is 2. The van der Waals surface area contributed by atoms with Gasteiger partial charge in [-0.25, -0.2) is 0 Å². The Hall–Kier alpha value is -0.810. The summed E-state index contributed by atoms with van der Waals surface area (Å²) in [5.74, 6) is 0.935. The van der Waals surface area contributed by atoms with Crippen molar-refractivity contribution in [1.82, 2.24) is 15.1 Å². The minimum Gasteiger partial charge on any atom is -0.496 e. The van der Waals surface area contributed by atoms with E-state index < -0.39 is 0 Å².